The third-order valence-corrected chi connectivity index (χ3v) is 2.80. The van der Waals surface area contributed by atoms with Gasteiger partial charge < -0.3 is 4.90 Å². The maximum Gasteiger partial charge on any atom is -0.00190 e. The van der Waals surface area contributed by atoms with Crippen LogP contribution in [0.25, 0.3) is 0 Å². The summed E-state index contributed by atoms with van der Waals surface area (Å²) in [5.41, 5.74) is 0.523. The first-order valence-electron chi connectivity index (χ1n) is 6.22. The van der Waals surface area contributed by atoms with Gasteiger partial charge >= 0.3 is 0 Å². The van der Waals surface area contributed by atoms with Crippen molar-refractivity contribution < 1.29 is 0 Å². The number of rotatable bonds is 7. The Morgan fingerprint density at radius 1 is 0.857 bits per heavy atom. The first-order valence-corrected chi connectivity index (χ1v) is 6.22. The lowest BCUT2D eigenvalue weighted by atomic mass is 9.89. The standard InChI is InChI=1S/C13H29N/c1-6-14(7-2)12-10-8-9-11-13(3,4)5/h6-12H2,1-5H3. The molecule has 0 saturated heterocycles. The van der Waals surface area contributed by atoms with Crippen LogP contribution in [0.15, 0.2) is 0 Å². The van der Waals surface area contributed by atoms with Gasteiger partial charge in [-0.2, -0.15) is 0 Å². The Morgan fingerprint density at radius 3 is 1.86 bits per heavy atom. The highest BCUT2D eigenvalue weighted by Crippen LogP contribution is 2.21. The Bertz CT molecular complexity index is 120. The molecule has 1 nitrogen and oxygen atoms in total. The maximum absolute atomic E-state index is 2.51. The van der Waals surface area contributed by atoms with Gasteiger partial charge in [-0.15, -0.1) is 0 Å². The van der Waals surface area contributed by atoms with Crippen LogP contribution in [0, 0.1) is 5.41 Å². The molecule has 0 amide bonds. The summed E-state index contributed by atoms with van der Waals surface area (Å²) in [5, 5.41) is 0. The van der Waals surface area contributed by atoms with Gasteiger partial charge in [-0.1, -0.05) is 47.5 Å². The van der Waals surface area contributed by atoms with Crippen molar-refractivity contribution in [2.24, 2.45) is 5.41 Å². The molecule has 0 radical (unpaired) electrons. The normalized spacial score (nSPS) is 12.4. The minimum Gasteiger partial charge on any atom is -0.304 e. The molecule has 14 heavy (non-hydrogen) atoms. The molecule has 0 aliphatic rings. The molecule has 0 heterocycles. The first-order chi connectivity index (χ1) is 6.49. The van der Waals surface area contributed by atoms with E-state index in [4.69, 9.17) is 0 Å². The van der Waals surface area contributed by atoms with Gasteiger partial charge in [0.2, 0.25) is 0 Å². The van der Waals surface area contributed by atoms with Crippen LogP contribution in [0.5, 0.6) is 0 Å². The smallest absolute Gasteiger partial charge is 0.00190 e. The molecular formula is C13H29N. The van der Waals surface area contributed by atoms with Crippen LogP contribution < -0.4 is 0 Å². The van der Waals surface area contributed by atoms with Crippen molar-refractivity contribution in [3.63, 3.8) is 0 Å². The molecule has 0 fully saturated rings. The first kappa shape index (κ1) is 14.0. The lowest BCUT2D eigenvalue weighted by molar-refractivity contribution is 0.288. The lowest BCUT2D eigenvalue weighted by Crippen LogP contribution is -2.23. The van der Waals surface area contributed by atoms with Crippen molar-refractivity contribution in [3.05, 3.63) is 0 Å². The molecule has 0 atom stereocenters. The Hall–Kier alpha value is -0.0400. The van der Waals surface area contributed by atoms with Gasteiger partial charge in [0.25, 0.3) is 0 Å². The molecule has 86 valence electrons. The van der Waals surface area contributed by atoms with E-state index in [-0.39, 0.29) is 0 Å². The number of nitrogens with zero attached hydrogens (tertiary/aromatic N) is 1. The Labute approximate surface area is 90.9 Å². The third-order valence-electron chi connectivity index (χ3n) is 2.80. The summed E-state index contributed by atoms with van der Waals surface area (Å²) in [6.07, 6.45) is 5.53. The van der Waals surface area contributed by atoms with E-state index in [9.17, 15) is 0 Å². The lowest BCUT2D eigenvalue weighted by Gasteiger charge is -2.19. The van der Waals surface area contributed by atoms with Crippen molar-refractivity contribution in [2.75, 3.05) is 19.6 Å². The van der Waals surface area contributed by atoms with Gasteiger partial charge in [0.1, 0.15) is 0 Å². The molecule has 0 aromatic carbocycles. The van der Waals surface area contributed by atoms with E-state index in [2.05, 4.69) is 39.5 Å². The molecule has 0 N–H and O–H groups in total. The summed E-state index contributed by atoms with van der Waals surface area (Å²) >= 11 is 0. The zero-order chi connectivity index (χ0) is 11.0. The minimum absolute atomic E-state index is 0.523. The van der Waals surface area contributed by atoms with Crippen molar-refractivity contribution in [2.45, 2.75) is 60.3 Å². The molecule has 0 rings (SSSR count). The Balaban J connectivity index is 3.29. The maximum atomic E-state index is 2.51. The molecule has 0 aromatic heterocycles. The molecule has 0 aliphatic heterocycles. The zero-order valence-electron chi connectivity index (χ0n) is 10.9. The third kappa shape index (κ3) is 8.55. The molecule has 0 spiro atoms. The average Bonchev–Trinajstić information content (AvgIpc) is 2.09. The van der Waals surface area contributed by atoms with Crippen LogP contribution in [0.1, 0.15) is 60.3 Å². The highest BCUT2D eigenvalue weighted by atomic mass is 15.1. The van der Waals surface area contributed by atoms with E-state index in [1.165, 1.54) is 45.3 Å². The van der Waals surface area contributed by atoms with Crippen LogP contribution in [0.3, 0.4) is 0 Å². The summed E-state index contributed by atoms with van der Waals surface area (Å²) in [5.74, 6) is 0. The van der Waals surface area contributed by atoms with Gasteiger partial charge in [0.05, 0.1) is 0 Å². The van der Waals surface area contributed by atoms with Gasteiger partial charge in [0, 0.05) is 0 Å². The van der Waals surface area contributed by atoms with Gasteiger partial charge in [-0.3, -0.25) is 0 Å². The minimum atomic E-state index is 0.523. The van der Waals surface area contributed by atoms with Crippen molar-refractivity contribution >= 4 is 0 Å². The van der Waals surface area contributed by atoms with Crippen molar-refractivity contribution in [1.29, 1.82) is 0 Å². The fourth-order valence-electron chi connectivity index (χ4n) is 1.71. The summed E-state index contributed by atoms with van der Waals surface area (Å²) < 4.78 is 0. The Morgan fingerprint density at radius 2 is 1.43 bits per heavy atom. The highest BCUT2D eigenvalue weighted by Gasteiger charge is 2.08. The zero-order valence-corrected chi connectivity index (χ0v) is 10.9. The molecule has 0 aliphatic carbocycles. The fourth-order valence-corrected chi connectivity index (χ4v) is 1.71. The second-order valence-electron chi connectivity index (χ2n) is 5.40. The molecule has 0 aromatic rings. The highest BCUT2D eigenvalue weighted by molar-refractivity contribution is 4.61. The molecule has 0 saturated carbocycles. The molecular weight excluding hydrogens is 170 g/mol. The van der Waals surface area contributed by atoms with E-state index in [1.54, 1.807) is 0 Å². The molecule has 0 bridgehead atoms. The number of hydrogen-bond acceptors (Lipinski definition) is 1. The van der Waals surface area contributed by atoms with E-state index in [1.807, 2.05) is 0 Å². The summed E-state index contributed by atoms with van der Waals surface area (Å²) in [6.45, 7) is 15.2. The summed E-state index contributed by atoms with van der Waals surface area (Å²) in [7, 11) is 0. The summed E-state index contributed by atoms with van der Waals surface area (Å²) in [4.78, 5) is 2.51. The topological polar surface area (TPSA) is 3.24 Å². The quantitative estimate of drug-likeness (QED) is 0.561. The largest absolute Gasteiger partial charge is 0.304 e. The number of hydrogen-bond donors (Lipinski definition) is 0. The van der Waals surface area contributed by atoms with E-state index < -0.39 is 0 Å². The second kappa shape index (κ2) is 7.28. The van der Waals surface area contributed by atoms with Crippen LogP contribution in [-0.2, 0) is 0 Å². The van der Waals surface area contributed by atoms with E-state index in [0.717, 1.165) is 0 Å². The summed E-state index contributed by atoms with van der Waals surface area (Å²) in [6, 6.07) is 0. The molecule has 0 unspecified atom stereocenters. The SMILES string of the molecule is CCN(CC)CCCCCC(C)(C)C. The van der Waals surface area contributed by atoms with Crippen LogP contribution in [0.4, 0.5) is 0 Å². The predicted molar refractivity (Wildman–Crippen MR) is 65.7 cm³/mol. The van der Waals surface area contributed by atoms with Crippen molar-refractivity contribution in [1.82, 2.24) is 4.90 Å². The van der Waals surface area contributed by atoms with Crippen LogP contribution in [0.2, 0.25) is 0 Å². The molecule has 1 heteroatoms. The monoisotopic (exact) mass is 199 g/mol. The van der Waals surface area contributed by atoms with Gasteiger partial charge in [-0.05, 0) is 37.9 Å². The second-order valence-corrected chi connectivity index (χ2v) is 5.40. The predicted octanol–water partition coefficient (Wildman–Crippen LogP) is 3.93. The number of unbranched alkanes of at least 4 members (excludes halogenated alkanes) is 2. The van der Waals surface area contributed by atoms with E-state index in [0.29, 0.717) is 5.41 Å². The average molecular weight is 199 g/mol. The fraction of sp³-hybridized carbons (Fsp3) is 1.00. The van der Waals surface area contributed by atoms with Crippen LogP contribution in [-0.4, -0.2) is 24.5 Å². The van der Waals surface area contributed by atoms with Crippen LogP contribution >= 0.6 is 0 Å². The van der Waals surface area contributed by atoms with E-state index >= 15 is 0 Å². The van der Waals surface area contributed by atoms with Gasteiger partial charge in [0.15, 0.2) is 0 Å². The Kier molecular flexibility index (Phi) is 7.26. The van der Waals surface area contributed by atoms with Crippen molar-refractivity contribution in [3.8, 4) is 0 Å². The van der Waals surface area contributed by atoms with Gasteiger partial charge in [-0.25, -0.2) is 0 Å².